The second-order valence-corrected chi connectivity index (χ2v) is 6.98. The lowest BCUT2D eigenvalue weighted by Crippen LogP contribution is -2.33. The lowest BCUT2D eigenvalue weighted by atomic mass is 10.1. The van der Waals surface area contributed by atoms with Gasteiger partial charge in [-0.05, 0) is 12.8 Å². The smallest absolute Gasteiger partial charge is 0.340 e. The number of ether oxygens (including phenoxy) is 2. The zero-order chi connectivity index (χ0) is 21.3. The number of esters is 2. The molecule has 0 fully saturated rings. The summed E-state index contributed by atoms with van der Waals surface area (Å²) in [5.41, 5.74) is 0. The molecule has 0 N–H and O–H groups in total. The SMILES string of the molecule is CCCCCCCCCCCCOC(=O)CCCC(=O)OCC(F)(F)C(F)F. The predicted molar refractivity (Wildman–Crippen MR) is 98.6 cm³/mol. The first-order chi connectivity index (χ1) is 13.3. The predicted octanol–water partition coefficient (Wildman–Crippen LogP) is 6.06. The number of alkyl halides is 4. The topological polar surface area (TPSA) is 52.6 Å². The van der Waals surface area contributed by atoms with E-state index < -0.39 is 30.9 Å². The Morgan fingerprint density at radius 1 is 0.750 bits per heavy atom. The van der Waals surface area contributed by atoms with E-state index in [-0.39, 0.29) is 19.3 Å². The summed E-state index contributed by atoms with van der Waals surface area (Å²) in [6.07, 6.45) is 7.60. The molecule has 0 aromatic heterocycles. The van der Waals surface area contributed by atoms with Crippen LogP contribution in [0.5, 0.6) is 0 Å². The summed E-state index contributed by atoms with van der Waals surface area (Å²) in [6.45, 7) is 0.859. The van der Waals surface area contributed by atoms with Gasteiger partial charge in [0.1, 0.15) is 0 Å². The summed E-state index contributed by atoms with van der Waals surface area (Å²) in [5, 5.41) is 0. The normalized spacial score (nSPS) is 11.6. The van der Waals surface area contributed by atoms with Crippen molar-refractivity contribution in [3.05, 3.63) is 0 Å². The number of hydrogen-bond donors (Lipinski definition) is 0. The molecule has 0 saturated carbocycles. The van der Waals surface area contributed by atoms with Crippen molar-refractivity contribution in [2.75, 3.05) is 13.2 Å². The number of rotatable bonds is 18. The van der Waals surface area contributed by atoms with Crippen LogP contribution in [0.15, 0.2) is 0 Å². The van der Waals surface area contributed by atoms with E-state index in [0.717, 1.165) is 19.3 Å². The summed E-state index contributed by atoms with van der Waals surface area (Å²) in [6, 6.07) is 0. The Morgan fingerprint density at radius 2 is 1.21 bits per heavy atom. The fourth-order valence-electron chi connectivity index (χ4n) is 2.54. The number of unbranched alkanes of at least 4 members (excludes halogenated alkanes) is 9. The van der Waals surface area contributed by atoms with Gasteiger partial charge in [-0.15, -0.1) is 0 Å². The Morgan fingerprint density at radius 3 is 1.71 bits per heavy atom. The van der Waals surface area contributed by atoms with Crippen LogP contribution in [0.1, 0.15) is 90.4 Å². The van der Waals surface area contributed by atoms with Gasteiger partial charge in [0.25, 0.3) is 0 Å². The minimum absolute atomic E-state index is 0.0436. The first kappa shape index (κ1) is 26.7. The van der Waals surface area contributed by atoms with Crippen molar-refractivity contribution in [1.82, 2.24) is 0 Å². The van der Waals surface area contributed by atoms with Crippen LogP contribution in [0, 0.1) is 0 Å². The van der Waals surface area contributed by atoms with Crippen molar-refractivity contribution >= 4 is 11.9 Å². The molecule has 0 aliphatic carbocycles. The molecule has 0 aromatic rings. The minimum Gasteiger partial charge on any atom is -0.466 e. The average Bonchev–Trinajstić information content (AvgIpc) is 2.64. The Balaban J connectivity index is 3.47. The molecule has 0 bridgehead atoms. The third-order valence-corrected chi connectivity index (χ3v) is 4.27. The second-order valence-electron chi connectivity index (χ2n) is 6.98. The monoisotopic (exact) mass is 414 g/mol. The average molecular weight is 414 g/mol. The molecule has 0 aromatic carbocycles. The zero-order valence-corrected chi connectivity index (χ0v) is 16.8. The molecule has 0 aliphatic heterocycles. The van der Waals surface area contributed by atoms with Crippen LogP contribution in [-0.4, -0.2) is 37.5 Å². The Hall–Kier alpha value is -1.34. The molecule has 0 rings (SSSR count). The summed E-state index contributed by atoms with van der Waals surface area (Å²) < 4.78 is 58.1. The molecule has 0 unspecified atom stereocenters. The van der Waals surface area contributed by atoms with Gasteiger partial charge in [0.2, 0.25) is 0 Å². The van der Waals surface area contributed by atoms with Gasteiger partial charge in [-0.3, -0.25) is 9.59 Å². The van der Waals surface area contributed by atoms with Crippen LogP contribution in [0.25, 0.3) is 0 Å². The largest absolute Gasteiger partial charge is 0.466 e. The van der Waals surface area contributed by atoms with Gasteiger partial charge in [0.05, 0.1) is 6.61 Å². The third kappa shape index (κ3) is 15.7. The van der Waals surface area contributed by atoms with Crippen LogP contribution in [0.4, 0.5) is 17.6 Å². The molecular weight excluding hydrogens is 380 g/mol. The van der Waals surface area contributed by atoms with E-state index in [1.54, 1.807) is 0 Å². The molecule has 0 saturated heterocycles. The quantitative estimate of drug-likeness (QED) is 0.155. The molecule has 0 amide bonds. The van der Waals surface area contributed by atoms with E-state index >= 15 is 0 Å². The van der Waals surface area contributed by atoms with Gasteiger partial charge in [-0.1, -0.05) is 64.7 Å². The van der Waals surface area contributed by atoms with E-state index in [4.69, 9.17) is 4.74 Å². The van der Waals surface area contributed by atoms with Crippen molar-refractivity contribution in [2.24, 2.45) is 0 Å². The first-order valence-corrected chi connectivity index (χ1v) is 10.3. The maximum Gasteiger partial charge on any atom is 0.340 e. The summed E-state index contributed by atoms with van der Waals surface area (Å²) in [5.74, 6) is -5.87. The number of halogens is 4. The summed E-state index contributed by atoms with van der Waals surface area (Å²) >= 11 is 0. The van der Waals surface area contributed by atoms with Gasteiger partial charge in [0, 0.05) is 12.8 Å². The third-order valence-electron chi connectivity index (χ3n) is 4.27. The highest BCUT2D eigenvalue weighted by Gasteiger charge is 2.42. The van der Waals surface area contributed by atoms with Gasteiger partial charge in [0.15, 0.2) is 6.61 Å². The van der Waals surface area contributed by atoms with Crippen molar-refractivity contribution in [2.45, 2.75) is 103 Å². The van der Waals surface area contributed by atoms with E-state index in [1.807, 2.05) is 0 Å². The zero-order valence-electron chi connectivity index (χ0n) is 16.8. The highest BCUT2D eigenvalue weighted by atomic mass is 19.3. The second kappa shape index (κ2) is 16.6. The summed E-state index contributed by atoms with van der Waals surface area (Å²) in [7, 11) is 0. The maximum atomic E-state index is 12.6. The van der Waals surface area contributed by atoms with Crippen LogP contribution in [-0.2, 0) is 19.1 Å². The van der Waals surface area contributed by atoms with Gasteiger partial charge in [-0.25, -0.2) is 8.78 Å². The standard InChI is InChI=1S/C20H34F4O4/c1-2-3-4-5-6-7-8-9-10-11-15-27-17(25)13-12-14-18(26)28-16-20(23,24)19(21)22/h19H,2-16H2,1H3. The lowest BCUT2D eigenvalue weighted by molar-refractivity contribution is -0.179. The molecule has 0 atom stereocenters. The van der Waals surface area contributed by atoms with E-state index in [1.165, 1.54) is 44.9 Å². The van der Waals surface area contributed by atoms with Crippen molar-refractivity contribution in [3.8, 4) is 0 Å². The fraction of sp³-hybridized carbons (Fsp3) is 0.900. The summed E-state index contributed by atoms with van der Waals surface area (Å²) in [4.78, 5) is 22.7. The van der Waals surface area contributed by atoms with E-state index in [2.05, 4.69) is 11.7 Å². The number of carbonyl (C=O) groups excluding carboxylic acids is 2. The van der Waals surface area contributed by atoms with Crippen LogP contribution in [0.2, 0.25) is 0 Å². The molecule has 0 heterocycles. The minimum atomic E-state index is -4.36. The first-order valence-electron chi connectivity index (χ1n) is 10.3. The van der Waals surface area contributed by atoms with Gasteiger partial charge >= 0.3 is 24.3 Å². The van der Waals surface area contributed by atoms with E-state index in [0.29, 0.717) is 6.61 Å². The molecule has 0 spiro atoms. The maximum absolute atomic E-state index is 12.6. The molecule has 0 radical (unpaired) electrons. The molecule has 0 aliphatic rings. The highest BCUT2D eigenvalue weighted by Crippen LogP contribution is 2.23. The lowest BCUT2D eigenvalue weighted by Gasteiger charge is -2.14. The van der Waals surface area contributed by atoms with Crippen LogP contribution >= 0.6 is 0 Å². The number of hydrogen-bond acceptors (Lipinski definition) is 4. The Labute approximate surface area is 165 Å². The van der Waals surface area contributed by atoms with Gasteiger partial charge < -0.3 is 9.47 Å². The van der Waals surface area contributed by atoms with Gasteiger partial charge in [-0.2, -0.15) is 8.78 Å². The molecule has 28 heavy (non-hydrogen) atoms. The van der Waals surface area contributed by atoms with Crippen LogP contribution < -0.4 is 0 Å². The highest BCUT2D eigenvalue weighted by molar-refractivity contribution is 5.72. The molecule has 8 heteroatoms. The van der Waals surface area contributed by atoms with Crippen LogP contribution in [0.3, 0.4) is 0 Å². The van der Waals surface area contributed by atoms with Crippen molar-refractivity contribution < 1.29 is 36.6 Å². The molecule has 4 nitrogen and oxygen atoms in total. The van der Waals surface area contributed by atoms with Crippen molar-refractivity contribution in [3.63, 3.8) is 0 Å². The Kier molecular flexibility index (Phi) is 15.8. The fourth-order valence-corrected chi connectivity index (χ4v) is 2.54. The van der Waals surface area contributed by atoms with E-state index in [9.17, 15) is 27.2 Å². The Bertz CT molecular complexity index is 417. The molecular formula is C20H34F4O4. The molecule has 166 valence electrons. The number of carbonyl (C=O) groups is 2. The van der Waals surface area contributed by atoms with Crippen molar-refractivity contribution in [1.29, 1.82) is 0 Å².